The van der Waals surface area contributed by atoms with E-state index in [2.05, 4.69) is 10.6 Å². The van der Waals surface area contributed by atoms with Gasteiger partial charge in [-0.3, -0.25) is 14.9 Å². The van der Waals surface area contributed by atoms with Crippen LogP contribution in [0.5, 0.6) is 0 Å². The molecular formula is C14H19N3O3. The van der Waals surface area contributed by atoms with E-state index in [4.69, 9.17) is 0 Å². The third kappa shape index (κ3) is 2.65. The van der Waals surface area contributed by atoms with Crippen LogP contribution in [0.25, 0.3) is 0 Å². The van der Waals surface area contributed by atoms with Crippen LogP contribution in [0.15, 0.2) is 12.1 Å². The lowest BCUT2D eigenvalue weighted by atomic mass is 9.98. The first-order valence-electron chi connectivity index (χ1n) is 6.65. The zero-order valence-electron chi connectivity index (χ0n) is 11.9. The van der Waals surface area contributed by atoms with Crippen molar-refractivity contribution < 1.29 is 9.72 Å². The molecule has 108 valence electrons. The second kappa shape index (κ2) is 5.20. The molecule has 0 aliphatic carbocycles. The zero-order chi connectivity index (χ0) is 14.9. The second-order valence-corrected chi connectivity index (χ2v) is 5.53. The number of nitro benzene ring substituents is 1. The quantitative estimate of drug-likeness (QED) is 0.655. The Morgan fingerprint density at radius 2 is 2.10 bits per heavy atom. The van der Waals surface area contributed by atoms with E-state index >= 15 is 0 Å². The lowest BCUT2D eigenvalue weighted by Crippen LogP contribution is -2.48. The van der Waals surface area contributed by atoms with Crippen LogP contribution in [0, 0.1) is 24.0 Å². The number of nitrogens with one attached hydrogen (secondary N) is 2. The minimum Gasteiger partial charge on any atom is -0.324 e. The molecule has 1 aromatic carbocycles. The molecule has 2 rings (SSSR count). The molecule has 1 unspecified atom stereocenters. The van der Waals surface area contributed by atoms with E-state index in [-0.39, 0.29) is 11.6 Å². The van der Waals surface area contributed by atoms with Gasteiger partial charge < -0.3 is 10.6 Å². The maximum Gasteiger partial charge on any atom is 0.272 e. The van der Waals surface area contributed by atoms with Crippen LogP contribution in [-0.4, -0.2) is 22.9 Å². The highest BCUT2D eigenvalue weighted by Gasteiger charge is 2.36. The first kappa shape index (κ1) is 14.5. The number of carbonyl (C=O) groups excluding carboxylic acids is 1. The van der Waals surface area contributed by atoms with Crippen molar-refractivity contribution in [2.45, 2.75) is 39.2 Å². The molecule has 0 bridgehead atoms. The van der Waals surface area contributed by atoms with Gasteiger partial charge in [0.25, 0.3) is 5.69 Å². The van der Waals surface area contributed by atoms with Gasteiger partial charge in [0.05, 0.1) is 10.5 Å². The maximum absolute atomic E-state index is 12.3. The number of benzene rings is 1. The fourth-order valence-corrected chi connectivity index (χ4v) is 2.48. The Morgan fingerprint density at radius 3 is 2.65 bits per heavy atom. The summed E-state index contributed by atoms with van der Waals surface area (Å²) in [6.07, 6.45) is 1.77. The predicted octanol–water partition coefficient (Wildman–Crippen LogP) is 2.29. The Morgan fingerprint density at radius 1 is 1.40 bits per heavy atom. The Kier molecular flexibility index (Phi) is 3.76. The number of carbonyl (C=O) groups is 1. The summed E-state index contributed by atoms with van der Waals surface area (Å²) in [6.45, 7) is 6.14. The summed E-state index contributed by atoms with van der Waals surface area (Å²) in [7, 11) is 0. The van der Waals surface area contributed by atoms with Gasteiger partial charge in [0, 0.05) is 17.3 Å². The summed E-state index contributed by atoms with van der Waals surface area (Å²) < 4.78 is 0. The average Bonchev–Trinajstić information content (AvgIpc) is 2.81. The van der Waals surface area contributed by atoms with Gasteiger partial charge in [0.1, 0.15) is 0 Å². The van der Waals surface area contributed by atoms with Crippen molar-refractivity contribution in [3.8, 4) is 0 Å². The molecule has 2 N–H and O–H groups in total. The molecule has 1 atom stereocenters. The minimum absolute atomic E-state index is 0.0747. The van der Waals surface area contributed by atoms with Crippen LogP contribution in [-0.2, 0) is 4.79 Å². The van der Waals surface area contributed by atoms with E-state index in [1.54, 1.807) is 19.9 Å². The zero-order valence-corrected chi connectivity index (χ0v) is 11.9. The van der Waals surface area contributed by atoms with Gasteiger partial charge in [0.15, 0.2) is 0 Å². The molecule has 1 heterocycles. The highest BCUT2D eigenvalue weighted by atomic mass is 16.6. The number of amides is 1. The van der Waals surface area contributed by atoms with E-state index in [1.165, 1.54) is 6.07 Å². The highest BCUT2D eigenvalue weighted by Crippen LogP contribution is 2.27. The summed E-state index contributed by atoms with van der Waals surface area (Å²) in [5, 5.41) is 16.9. The first-order chi connectivity index (χ1) is 9.33. The fraction of sp³-hybridized carbons (Fsp3) is 0.500. The number of hydrogen-bond acceptors (Lipinski definition) is 4. The molecule has 0 aromatic heterocycles. The summed E-state index contributed by atoms with van der Waals surface area (Å²) in [5.74, 6) is -0.0913. The van der Waals surface area contributed by atoms with Gasteiger partial charge in [0.2, 0.25) is 5.91 Å². The van der Waals surface area contributed by atoms with Crippen LogP contribution in [0.4, 0.5) is 11.4 Å². The second-order valence-electron chi connectivity index (χ2n) is 5.53. The molecular weight excluding hydrogens is 258 g/mol. The maximum atomic E-state index is 12.3. The van der Waals surface area contributed by atoms with Crippen molar-refractivity contribution in [1.82, 2.24) is 5.32 Å². The summed E-state index contributed by atoms with van der Waals surface area (Å²) >= 11 is 0. The van der Waals surface area contributed by atoms with Crippen LogP contribution < -0.4 is 10.6 Å². The Hall–Kier alpha value is -1.95. The van der Waals surface area contributed by atoms with Crippen molar-refractivity contribution in [3.63, 3.8) is 0 Å². The molecule has 6 heteroatoms. The monoisotopic (exact) mass is 277 g/mol. The van der Waals surface area contributed by atoms with Crippen LogP contribution >= 0.6 is 0 Å². The standard InChI is InChI=1S/C14H19N3O3/c1-9-8-12(17(19)20)10(2)7-11(9)16-13(18)14(3)5-4-6-15-14/h7-8,15H,4-6H2,1-3H3,(H,16,18). The molecule has 1 aromatic rings. The molecule has 1 aliphatic rings. The Bertz CT molecular complexity index is 563. The van der Waals surface area contributed by atoms with Gasteiger partial charge in [-0.1, -0.05) is 0 Å². The SMILES string of the molecule is Cc1cc([N+](=O)[O-])c(C)cc1NC(=O)C1(C)CCCN1. The van der Waals surface area contributed by atoms with Gasteiger partial charge in [-0.25, -0.2) is 0 Å². The molecule has 6 nitrogen and oxygen atoms in total. The number of nitro groups is 1. The van der Waals surface area contributed by atoms with E-state index in [0.717, 1.165) is 19.4 Å². The number of nitrogens with zero attached hydrogens (tertiary/aromatic N) is 1. The van der Waals surface area contributed by atoms with Gasteiger partial charge in [-0.2, -0.15) is 0 Å². The fourth-order valence-electron chi connectivity index (χ4n) is 2.48. The summed E-state index contributed by atoms with van der Waals surface area (Å²) in [6, 6.07) is 3.15. The van der Waals surface area contributed by atoms with Crippen LogP contribution in [0.1, 0.15) is 30.9 Å². The number of hydrogen-bond donors (Lipinski definition) is 2. The van der Waals surface area contributed by atoms with Crippen molar-refractivity contribution in [1.29, 1.82) is 0 Å². The first-order valence-corrected chi connectivity index (χ1v) is 6.65. The lowest BCUT2D eigenvalue weighted by Gasteiger charge is -2.23. The topological polar surface area (TPSA) is 84.3 Å². The molecule has 0 radical (unpaired) electrons. The summed E-state index contributed by atoms with van der Waals surface area (Å²) in [4.78, 5) is 22.8. The van der Waals surface area contributed by atoms with Crippen molar-refractivity contribution in [2.75, 3.05) is 11.9 Å². The molecule has 1 fully saturated rings. The Labute approximate surface area is 117 Å². The van der Waals surface area contributed by atoms with E-state index in [0.29, 0.717) is 16.8 Å². The molecule has 0 saturated carbocycles. The number of rotatable bonds is 3. The van der Waals surface area contributed by atoms with E-state index < -0.39 is 10.5 Å². The van der Waals surface area contributed by atoms with E-state index in [1.807, 2.05) is 6.92 Å². The van der Waals surface area contributed by atoms with Gasteiger partial charge >= 0.3 is 0 Å². The number of anilines is 1. The molecule has 1 aliphatic heterocycles. The van der Waals surface area contributed by atoms with Crippen LogP contribution in [0.3, 0.4) is 0 Å². The molecule has 0 spiro atoms. The molecule has 1 saturated heterocycles. The molecule has 1 amide bonds. The van der Waals surface area contributed by atoms with Crippen molar-refractivity contribution >= 4 is 17.3 Å². The molecule has 20 heavy (non-hydrogen) atoms. The third-order valence-corrected chi connectivity index (χ3v) is 3.86. The van der Waals surface area contributed by atoms with Crippen molar-refractivity contribution in [2.24, 2.45) is 0 Å². The van der Waals surface area contributed by atoms with Gasteiger partial charge in [-0.05, 0) is 51.8 Å². The average molecular weight is 277 g/mol. The number of aryl methyl sites for hydroxylation is 2. The summed E-state index contributed by atoms with van der Waals surface area (Å²) in [5.41, 5.74) is 1.39. The lowest BCUT2D eigenvalue weighted by molar-refractivity contribution is -0.385. The highest BCUT2D eigenvalue weighted by molar-refractivity contribution is 5.98. The third-order valence-electron chi connectivity index (χ3n) is 3.86. The largest absolute Gasteiger partial charge is 0.324 e. The van der Waals surface area contributed by atoms with Crippen LogP contribution in [0.2, 0.25) is 0 Å². The van der Waals surface area contributed by atoms with E-state index in [9.17, 15) is 14.9 Å². The Balaban J connectivity index is 2.24. The smallest absolute Gasteiger partial charge is 0.272 e. The predicted molar refractivity (Wildman–Crippen MR) is 76.8 cm³/mol. The van der Waals surface area contributed by atoms with Gasteiger partial charge in [-0.15, -0.1) is 0 Å². The minimum atomic E-state index is -0.553. The normalized spacial score (nSPS) is 21.8. The van der Waals surface area contributed by atoms with Crippen molar-refractivity contribution in [3.05, 3.63) is 33.4 Å².